The van der Waals surface area contributed by atoms with Crippen molar-refractivity contribution in [2.45, 2.75) is 77.6 Å². The molecule has 1 aliphatic carbocycles. The van der Waals surface area contributed by atoms with Gasteiger partial charge in [-0.3, -0.25) is 0 Å². The minimum absolute atomic E-state index is 0.145. The fourth-order valence-corrected chi connectivity index (χ4v) is 5.77. The van der Waals surface area contributed by atoms with Crippen LogP contribution < -0.4 is 5.32 Å². The number of ether oxygens (including phenoxy) is 1. The van der Waals surface area contributed by atoms with Crippen LogP contribution in [-0.2, 0) is 27.5 Å². The SMILES string of the molecule is COCCn1nc(C)cc1Nc1nccc(-c2cc(C#N)c3c(c2)C(C)(CO[Si](C)(C)C(C)(C)C)CC3)n1. The zero-order valence-electron chi connectivity index (χ0n) is 24.0. The van der Waals surface area contributed by atoms with E-state index in [2.05, 4.69) is 68.3 Å². The molecule has 1 aliphatic rings. The van der Waals surface area contributed by atoms with E-state index in [1.54, 1.807) is 13.3 Å². The van der Waals surface area contributed by atoms with E-state index in [0.29, 0.717) is 25.7 Å². The molecule has 0 spiro atoms. The second-order valence-corrected chi connectivity index (χ2v) is 16.9. The Hall–Kier alpha value is -3.06. The quantitative estimate of drug-likeness (QED) is 0.331. The number of aromatic nitrogens is 4. The van der Waals surface area contributed by atoms with Gasteiger partial charge in [-0.2, -0.15) is 10.4 Å². The molecule has 2 aromatic heterocycles. The van der Waals surface area contributed by atoms with Crippen LogP contribution >= 0.6 is 0 Å². The molecule has 0 saturated heterocycles. The molecule has 2 heterocycles. The van der Waals surface area contributed by atoms with Gasteiger partial charge < -0.3 is 14.5 Å². The van der Waals surface area contributed by atoms with Crippen LogP contribution in [0.4, 0.5) is 11.8 Å². The second-order valence-electron chi connectivity index (χ2n) is 12.0. The van der Waals surface area contributed by atoms with E-state index in [1.807, 2.05) is 29.8 Å². The summed E-state index contributed by atoms with van der Waals surface area (Å²) in [4.78, 5) is 9.25. The molecule has 1 unspecified atom stereocenters. The van der Waals surface area contributed by atoms with Crippen molar-refractivity contribution in [2.24, 2.45) is 0 Å². The molecule has 0 fully saturated rings. The number of hydrogen-bond donors (Lipinski definition) is 1. The van der Waals surface area contributed by atoms with E-state index in [-0.39, 0.29) is 10.5 Å². The van der Waals surface area contributed by atoms with Crippen molar-refractivity contribution < 1.29 is 9.16 Å². The number of nitriles is 1. The van der Waals surface area contributed by atoms with Gasteiger partial charge in [-0.15, -0.1) is 0 Å². The summed E-state index contributed by atoms with van der Waals surface area (Å²) in [7, 11) is -0.232. The van der Waals surface area contributed by atoms with Crippen molar-refractivity contribution in [1.82, 2.24) is 19.7 Å². The summed E-state index contributed by atoms with van der Waals surface area (Å²) < 4.78 is 13.8. The van der Waals surface area contributed by atoms with Gasteiger partial charge in [0.05, 0.1) is 36.2 Å². The number of fused-ring (bicyclic) bond motifs is 1. The summed E-state index contributed by atoms with van der Waals surface area (Å²) >= 11 is 0. The fraction of sp³-hybridized carbons (Fsp3) is 0.517. The first-order chi connectivity index (χ1) is 17.9. The third-order valence-corrected chi connectivity index (χ3v) is 12.6. The zero-order chi connectivity index (χ0) is 27.7. The lowest BCUT2D eigenvalue weighted by molar-refractivity contribution is 0.184. The van der Waals surface area contributed by atoms with E-state index >= 15 is 0 Å². The molecule has 3 aromatic rings. The second kappa shape index (κ2) is 10.6. The predicted molar refractivity (Wildman–Crippen MR) is 153 cm³/mol. The number of rotatable bonds is 9. The highest BCUT2D eigenvalue weighted by atomic mass is 28.4. The van der Waals surface area contributed by atoms with Crippen molar-refractivity contribution in [3.8, 4) is 17.3 Å². The molecule has 202 valence electrons. The largest absolute Gasteiger partial charge is 0.416 e. The molecule has 0 saturated carbocycles. The normalized spacial score (nSPS) is 17.3. The predicted octanol–water partition coefficient (Wildman–Crippen LogP) is 6.14. The van der Waals surface area contributed by atoms with Gasteiger partial charge in [0.2, 0.25) is 5.95 Å². The van der Waals surface area contributed by atoms with Gasteiger partial charge in [0.25, 0.3) is 0 Å². The van der Waals surface area contributed by atoms with Gasteiger partial charge in [-0.05, 0) is 67.2 Å². The molecule has 1 aromatic carbocycles. The number of hydrogen-bond acceptors (Lipinski definition) is 7. The van der Waals surface area contributed by atoms with Crippen LogP contribution in [0.5, 0.6) is 0 Å². The summed E-state index contributed by atoms with van der Waals surface area (Å²) in [5.74, 6) is 1.28. The standard InChI is InChI=1S/C29H40N6O2Si/c1-20-15-26(35(34-20)13-14-36-6)33-27-31-12-10-25(32-27)21-16-22(18-30)23-9-11-29(5,24(23)17-21)19-37-38(7,8)28(2,3)4/h10,12,15-17H,9,11,13-14,19H2,1-8H3,(H,31,32,33). The maximum atomic E-state index is 10.0. The maximum Gasteiger partial charge on any atom is 0.228 e. The van der Waals surface area contributed by atoms with E-state index in [0.717, 1.165) is 46.7 Å². The molecule has 0 aliphatic heterocycles. The summed E-state index contributed by atoms with van der Waals surface area (Å²) in [5.41, 5.74) is 5.49. The van der Waals surface area contributed by atoms with Gasteiger partial charge in [0.15, 0.2) is 8.32 Å². The van der Waals surface area contributed by atoms with Gasteiger partial charge in [-0.1, -0.05) is 27.7 Å². The lowest BCUT2D eigenvalue weighted by Gasteiger charge is -2.39. The smallest absolute Gasteiger partial charge is 0.228 e. The van der Waals surface area contributed by atoms with Crippen molar-refractivity contribution in [3.63, 3.8) is 0 Å². The van der Waals surface area contributed by atoms with Crippen LogP contribution in [0.2, 0.25) is 18.1 Å². The molecule has 1 atom stereocenters. The molecule has 0 radical (unpaired) electrons. The van der Waals surface area contributed by atoms with Gasteiger partial charge in [0, 0.05) is 37.0 Å². The maximum absolute atomic E-state index is 10.0. The van der Waals surface area contributed by atoms with Crippen LogP contribution in [0.3, 0.4) is 0 Å². The first-order valence-electron chi connectivity index (χ1n) is 13.2. The highest BCUT2D eigenvalue weighted by molar-refractivity contribution is 6.74. The van der Waals surface area contributed by atoms with Crippen LogP contribution in [0.25, 0.3) is 11.3 Å². The topological polar surface area (TPSA) is 97.9 Å². The van der Waals surface area contributed by atoms with Crippen LogP contribution in [0, 0.1) is 18.3 Å². The molecule has 1 N–H and O–H groups in total. The van der Waals surface area contributed by atoms with E-state index in [9.17, 15) is 5.26 Å². The highest BCUT2D eigenvalue weighted by Crippen LogP contribution is 2.44. The monoisotopic (exact) mass is 532 g/mol. The average Bonchev–Trinajstić information content (AvgIpc) is 3.39. The minimum Gasteiger partial charge on any atom is -0.416 e. The van der Waals surface area contributed by atoms with E-state index in [1.165, 1.54) is 5.56 Å². The molecule has 9 heteroatoms. The molecule has 0 bridgehead atoms. The van der Waals surface area contributed by atoms with E-state index in [4.69, 9.17) is 14.1 Å². The van der Waals surface area contributed by atoms with Crippen molar-refractivity contribution >= 4 is 20.1 Å². The molecule has 38 heavy (non-hydrogen) atoms. The van der Waals surface area contributed by atoms with Crippen LogP contribution in [0.15, 0.2) is 30.5 Å². The molecule has 4 rings (SSSR count). The van der Waals surface area contributed by atoms with Gasteiger partial charge in [-0.25, -0.2) is 14.6 Å². The van der Waals surface area contributed by atoms with Gasteiger partial charge in [0.1, 0.15) is 5.82 Å². The molecular formula is C29H40N6O2Si. The number of nitrogens with zero attached hydrogens (tertiary/aromatic N) is 5. The first kappa shape index (κ1) is 28.0. The highest BCUT2D eigenvalue weighted by Gasteiger charge is 2.42. The Labute approximate surface area is 227 Å². The first-order valence-corrected chi connectivity index (χ1v) is 16.1. The number of methoxy groups -OCH3 is 1. The third-order valence-electron chi connectivity index (χ3n) is 8.11. The summed E-state index contributed by atoms with van der Waals surface area (Å²) in [6, 6.07) is 10.5. The Kier molecular flexibility index (Phi) is 7.80. The van der Waals surface area contributed by atoms with Crippen molar-refractivity contribution in [3.05, 3.63) is 52.8 Å². The van der Waals surface area contributed by atoms with E-state index < -0.39 is 8.32 Å². The van der Waals surface area contributed by atoms with Crippen LogP contribution in [-0.4, -0.2) is 48.4 Å². The summed E-state index contributed by atoms with van der Waals surface area (Å²) in [5, 5.41) is 18.0. The lowest BCUT2D eigenvalue weighted by atomic mass is 9.83. The zero-order valence-corrected chi connectivity index (χ0v) is 25.0. The minimum atomic E-state index is -1.91. The van der Waals surface area contributed by atoms with Gasteiger partial charge >= 0.3 is 0 Å². The average molecular weight is 533 g/mol. The van der Waals surface area contributed by atoms with Crippen molar-refractivity contribution in [1.29, 1.82) is 5.26 Å². The Morgan fingerprint density at radius 1 is 1.24 bits per heavy atom. The molecule has 0 amide bonds. The van der Waals surface area contributed by atoms with Crippen LogP contribution in [0.1, 0.15) is 56.5 Å². The Morgan fingerprint density at radius 3 is 2.68 bits per heavy atom. The Bertz CT molecular complexity index is 1350. The van der Waals surface area contributed by atoms with Crippen molar-refractivity contribution in [2.75, 3.05) is 25.6 Å². The number of benzene rings is 1. The Balaban J connectivity index is 1.65. The molecular weight excluding hydrogens is 492 g/mol. The Morgan fingerprint density at radius 2 is 2.00 bits per heavy atom. The third kappa shape index (κ3) is 5.68. The number of aryl methyl sites for hydroxylation is 1. The summed E-state index contributed by atoms with van der Waals surface area (Å²) in [6.07, 6.45) is 3.60. The number of nitrogens with one attached hydrogen (secondary N) is 1. The number of anilines is 2. The molecule has 8 nitrogen and oxygen atoms in total. The lowest BCUT2D eigenvalue weighted by Crippen LogP contribution is -2.44. The fourth-order valence-electron chi connectivity index (χ4n) is 4.66. The summed E-state index contributed by atoms with van der Waals surface area (Å²) in [6.45, 7) is 17.4.